The predicted octanol–water partition coefficient (Wildman–Crippen LogP) is 5.56. The van der Waals surface area contributed by atoms with E-state index in [1.807, 2.05) is 0 Å². The average molecular weight is 417 g/mol. The summed E-state index contributed by atoms with van der Waals surface area (Å²) in [4.78, 5) is 0. The molecule has 0 amide bonds. The zero-order chi connectivity index (χ0) is 22.1. The Balaban J connectivity index is 1.72. The van der Waals surface area contributed by atoms with Gasteiger partial charge in [-0.2, -0.15) is 0 Å². The molecule has 3 saturated carbocycles. The molecule has 0 bridgehead atoms. The van der Waals surface area contributed by atoms with E-state index in [1.54, 1.807) is 5.57 Å². The minimum Gasteiger partial charge on any atom is -0.393 e. The fourth-order valence-electron chi connectivity index (χ4n) is 6.65. The Labute approximate surface area is 184 Å². The van der Waals surface area contributed by atoms with Gasteiger partial charge in [-0.1, -0.05) is 52.0 Å². The number of hydrogen-bond acceptors (Lipinski definition) is 3. The molecule has 170 valence electrons. The molecule has 3 aliphatic carbocycles. The largest absolute Gasteiger partial charge is 0.393 e. The third-order valence-electron chi connectivity index (χ3n) is 8.68. The van der Waals surface area contributed by atoms with Crippen LogP contribution in [0.5, 0.6) is 0 Å². The van der Waals surface area contributed by atoms with Crippen LogP contribution in [0.15, 0.2) is 35.5 Å². The van der Waals surface area contributed by atoms with Crippen LogP contribution in [0.1, 0.15) is 85.5 Å². The lowest BCUT2D eigenvalue weighted by Crippen LogP contribution is -2.36. The van der Waals surface area contributed by atoms with Crippen molar-refractivity contribution in [2.75, 3.05) is 0 Å². The van der Waals surface area contributed by atoms with Crippen LogP contribution < -0.4 is 0 Å². The Morgan fingerprint density at radius 3 is 2.57 bits per heavy atom. The molecule has 3 heteroatoms. The maximum Gasteiger partial charge on any atom is 0.0811 e. The molecule has 0 aliphatic heterocycles. The Bertz CT molecular complexity index is 676. The van der Waals surface area contributed by atoms with Crippen LogP contribution in [0.2, 0.25) is 0 Å². The first-order valence-corrected chi connectivity index (χ1v) is 12.3. The maximum absolute atomic E-state index is 10.3. The topological polar surface area (TPSA) is 60.7 Å². The van der Waals surface area contributed by atoms with Crippen LogP contribution in [0, 0.1) is 29.1 Å². The van der Waals surface area contributed by atoms with Crippen molar-refractivity contribution < 1.29 is 15.3 Å². The summed E-state index contributed by atoms with van der Waals surface area (Å²) in [6.07, 6.45) is 12.4. The molecule has 0 saturated heterocycles. The molecule has 0 aromatic rings. The zero-order valence-electron chi connectivity index (χ0n) is 19.6. The van der Waals surface area contributed by atoms with E-state index in [4.69, 9.17) is 0 Å². The van der Waals surface area contributed by atoms with Gasteiger partial charge in [0.2, 0.25) is 0 Å². The lowest BCUT2D eigenvalue weighted by Gasteiger charge is -2.44. The summed E-state index contributed by atoms with van der Waals surface area (Å²) < 4.78 is 0. The Morgan fingerprint density at radius 1 is 1.13 bits per heavy atom. The standard InChI is InChI=1S/C27H44O3/c1-17(2)25(29)13-8-18(3)23-11-12-24-20(7-6-14-27(23,24)5)9-10-21-15-22(28)16-26(30)19(21)4/h9-10,17-18,22-26,28-30H,4,6-8,11-16H2,1-3,5H3/b20-9+,21-10-/t18-,22-,23-,24+,25-,26+,27-/m1/s1. The summed E-state index contributed by atoms with van der Waals surface area (Å²) in [6, 6.07) is 0. The smallest absolute Gasteiger partial charge is 0.0811 e. The molecule has 0 heterocycles. The molecule has 7 atom stereocenters. The molecule has 0 unspecified atom stereocenters. The number of aliphatic hydroxyl groups excluding tert-OH is 3. The second-order valence-electron chi connectivity index (χ2n) is 11.0. The number of hydrogen-bond donors (Lipinski definition) is 3. The molecule has 0 aromatic heterocycles. The van der Waals surface area contributed by atoms with Crippen LogP contribution in [0.3, 0.4) is 0 Å². The van der Waals surface area contributed by atoms with Crippen molar-refractivity contribution in [3.8, 4) is 0 Å². The van der Waals surface area contributed by atoms with Gasteiger partial charge in [-0.3, -0.25) is 0 Å². The fourth-order valence-corrected chi connectivity index (χ4v) is 6.65. The van der Waals surface area contributed by atoms with Crippen molar-refractivity contribution in [3.63, 3.8) is 0 Å². The molecule has 3 rings (SSSR count). The number of fused-ring (bicyclic) bond motifs is 1. The molecule has 3 fully saturated rings. The second kappa shape index (κ2) is 9.71. The quantitative estimate of drug-likeness (QED) is 0.531. The van der Waals surface area contributed by atoms with Gasteiger partial charge in [0.05, 0.1) is 18.3 Å². The van der Waals surface area contributed by atoms with Gasteiger partial charge < -0.3 is 15.3 Å². The molecular formula is C27H44O3. The summed E-state index contributed by atoms with van der Waals surface area (Å²) in [5.74, 6) is 2.35. The normalized spacial score (nSPS) is 39.5. The van der Waals surface area contributed by atoms with Crippen molar-refractivity contribution in [1.82, 2.24) is 0 Å². The molecule has 0 spiro atoms. The summed E-state index contributed by atoms with van der Waals surface area (Å²) >= 11 is 0. The summed E-state index contributed by atoms with van der Waals surface area (Å²) in [5, 5.41) is 30.4. The van der Waals surface area contributed by atoms with E-state index in [-0.39, 0.29) is 6.10 Å². The van der Waals surface area contributed by atoms with Crippen molar-refractivity contribution in [2.24, 2.45) is 29.1 Å². The molecule has 0 aromatic carbocycles. The SMILES string of the molecule is C=C1/C(=C\C=C2/CCC[C@]3(C)[C@@H]([C@H](C)CC[C@@H](O)C(C)C)CC[C@@H]23)C[C@@H](O)C[C@@H]1O. The van der Waals surface area contributed by atoms with Gasteiger partial charge in [-0.05, 0) is 91.6 Å². The van der Waals surface area contributed by atoms with Crippen LogP contribution in [0.25, 0.3) is 0 Å². The molecule has 3 aliphatic rings. The number of allylic oxidation sites excluding steroid dienone is 3. The van der Waals surface area contributed by atoms with E-state index in [9.17, 15) is 15.3 Å². The van der Waals surface area contributed by atoms with Gasteiger partial charge >= 0.3 is 0 Å². The fraction of sp³-hybridized carbons (Fsp3) is 0.778. The second-order valence-corrected chi connectivity index (χ2v) is 11.0. The zero-order valence-corrected chi connectivity index (χ0v) is 19.6. The monoisotopic (exact) mass is 416 g/mol. The number of rotatable bonds is 6. The Hall–Kier alpha value is -0.900. The van der Waals surface area contributed by atoms with E-state index in [0.717, 1.165) is 36.3 Å². The highest BCUT2D eigenvalue weighted by atomic mass is 16.3. The molecule has 3 N–H and O–H groups in total. The van der Waals surface area contributed by atoms with Crippen LogP contribution in [-0.4, -0.2) is 33.6 Å². The van der Waals surface area contributed by atoms with Gasteiger partial charge in [-0.25, -0.2) is 0 Å². The first-order valence-electron chi connectivity index (χ1n) is 12.3. The van der Waals surface area contributed by atoms with Crippen LogP contribution in [-0.2, 0) is 0 Å². The predicted molar refractivity (Wildman–Crippen MR) is 124 cm³/mol. The van der Waals surface area contributed by atoms with Gasteiger partial charge in [0.25, 0.3) is 0 Å². The van der Waals surface area contributed by atoms with E-state index in [0.29, 0.717) is 36.0 Å². The highest BCUT2D eigenvalue weighted by Gasteiger charge is 2.50. The van der Waals surface area contributed by atoms with Crippen LogP contribution >= 0.6 is 0 Å². The molecule has 0 radical (unpaired) electrons. The van der Waals surface area contributed by atoms with Gasteiger partial charge in [0.1, 0.15) is 0 Å². The molecule has 30 heavy (non-hydrogen) atoms. The summed E-state index contributed by atoms with van der Waals surface area (Å²) in [5.41, 5.74) is 3.69. The minimum absolute atomic E-state index is 0.180. The van der Waals surface area contributed by atoms with E-state index in [1.165, 1.54) is 25.7 Å². The third-order valence-corrected chi connectivity index (χ3v) is 8.68. The molecular weight excluding hydrogens is 372 g/mol. The highest BCUT2D eigenvalue weighted by molar-refractivity contribution is 5.38. The van der Waals surface area contributed by atoms with E-state index in [2.05, 4.69) is 46.4 Å². The van der Waals surface area contributed by atoms with E-state index >= 15 is 0 Å². The maximum atomic E-state index is 10.3. The van der Waals surface area contributed by atoms with Crippen molar-refractivity contribution >= 4 is 0 Å². The number of aliphatic hydroxyl groups is 3. The molecule has 3 nitrogen and oxygen atoms in total. The third kappa shape index (κ3) is 4.95. The average Bonchev–Trinajstić information content (AvgIpc) is 3.04. The Morgan fingerprint density at radius 2 is 1.87 bits per heavy atom. The lowest BCUT2D eigenvalue weighted by molar-refractivity contribution is 0.0717. The Kier molecular flexibility index (Phi) is 7.69. The van der Waals surface area contributed by atoms with Crippen molar-refractivity contribution in [1.29, 1.82) is 0 Å². The van der Waals surface area contributed by atoms with Gasteiger partial charge in [0, 0.05) is 6.42 Å². The summed E-state index contributed by atoms with van der Waals surface area (Å²) in [6.45, 7) is 13.2. The van der Waals surface area contributed by atoms with Crippen molar-refractivity contribution in [3.05, 3.63) is 35.5 Å². The van der Waals surface area contributed by atoms with Crippen LogP contribution in [0.4, 0.5) is 0 Å². The van der Waals surface area contributed by atoms with Gasteiger partial charge in [0.15, 0.2) is 0 Å². The highest BCUT2D eigenvalue weighted by Crippen LogP contribution is 2.60. The minimum atomic E-state index is -0.618. The summed E-state index contributed by atoms with van der Waals surface area (Å²) in [7, 11) is 0. The lowest BCUT2D eigenvalue weighted by atomic mass is 9.60. The van der Waals surface area contributed by atoms with Crippen molar-refractivity contribution in [2.45, 2.75) is 104 Å². The van der Waals surface area contributed by atoms with Gasteiger partial charge in [-0.15, -0.1) is 0 Å². The first-order chi connectivity index (χ1) is 14.1. The first kappa shape index (κ1) is 23.8. The van der Waals surface area contributed by atoms with E-state index < -0.39 is 12.2 Å².